The summed E-state index contributed by atoms with van der Waals surface area (Å²) >= 11 is 0. The largest absolute Gasteiger partial charge is 0.507 e. The molecule has 0 spiro atoms. The molecule has 1 aromatic rings. The van der Waals surface area contributed by atoms with Gasteiger partial charge in [0.05, 0.1) is 0 Å². The van der Waals surface area contributed by atoms with E-state index >= 15 is 0 Å². The van der Waals surface area contributed by atoms with E-state index in [2.05, 4.69) is 46.5 Å². The van der Waals surface area contributed by atoms with Gasteiger partial charge in [-0.3, -0.25) is 0 Å². The third-order valence-electron chi connectivity index (χ3n) is 6.16. The number of benzene rings is 1. The van der Waals surface area contributed by atoms with Crippen LogP contribution >= 0.6 is 0 Å². The summed E-state index contributed by atoms with van der Waals surface area (Å²) in [4.78, 5) is 0. The summed E-state index contributed by atoms with van der Waals surface area (Å²) in [7, 11) is 0. The molecule has 0 aromatic heterocycles. The lowest BCUT2D eigenvalue weighted by atomic mass is 9.74. The number of aromatic hydroxyl groups is 1. The maximum absolute atomic E-state index is 11.0. The average Bonchev–Trinajstić information content (AvgIpc) is 2.65. The van der Waals surface area contributed by atoms with E-state index in [1.54, 1.807) is 0 Å². The molecule has 0 bridgehead atoms. The lowest BCUT2D eigenvalue weighted by Crippen LogP contribution is -2.19. The number of hydrogen-bond acceptors (Lipinski definition) is 2. The Morgan fingerprint density at radius 3 is 2.71 bits per heavy atom. The summed E-state index contributed by atoms with van der Waals surface area (Å²) in [5.74, 6) is 1.17. The van der Waals surface area contributed by atoms with Crippen molar-refractivity contribution in [3.63, 3.8) is 0 Å². The van der Waals surface area contributed by atoms with Crippen LogP contribution in [0.3, 0.4) is 0 Å². The molecule has 2 rings (SSSR count). The lowest BCUT2D eigenvalue weighted by Gasteiger charge is -2.31. The number of ether oxygens (including phenoxy) is 1. The number of phenolic OH excluding ortho intramolecular Hbond substituents is 1. The van der Waals surface area contributed by atoms with Crippen molar-refractivity contribution in [3.05, 3.63) is 47.6 Å². The Morgan fingerprint density at radius 1 is 1.32 bits per heavy atom. The molecular formula is C26H36O2. The molecular weight excluding hydrogens is 344 g/mol. The van der Waals surface area contributed by atoms with Crippen molar-refractivity contribution in [3.8, 4) is 24.0 Å². The molecule has 0 aliphatic heterocycles. The van der Waals surface area contributed by atoms with Gasteiger partial charge in [-0.05, 0) is 55.2 Å². The van der Waals surface area contributed by atoms with Crippen LogP contribution in [0.25, 0.3) is 0 Å². The minimum Gasteiger partial charge on any atom is -0.507 e. The topological polar surface area (TPSA) is 29.5 Å². The van der Waals surface area contributed by atoms with Crippen LogP contribution in [0.4, 0.5) is 0 Å². The van der Waals surface area contributed by atoms with E-state index < -0.39 is 0 Å². The molecule has 1 aromatic carbocycles. The van der Waals surface area contributed by atoms with Gasteiger partial charge in [0.15, 0.2) is 0 Å². The number of phenols is 1. The summed E-state index contributed by atoms with van der Waals surface area (Å²) in [5.41, 5.74) is 3.14. The van der Waals surface area contributed by atoms with Gasteiger partial charge in [-0.25, -0.2) is 0 Å². The number of rotatable bonds is 9. The molecule has 0 heterocycles. The third kappa shape index (κ3) is 5.22. The smallest absolute Gasteiger partial charge is 0.148 e. The molecule has 1 aliphatic rings. The Bertz CT molecular complexity index is 748. The highest BCUT2D eigenvalue weighted by molar-refractivity contribution is 5.54. The van der Waals surface area contributed by atoms with Crippen LogP contribution in [-0.2, 0) is 5.41 Å². The minimum atomic E-state index is -0.0490. The monoisotopic (exact) mass is 380 g/mol. The number of allylic oxidation sites excluding steroid dienone is 3. The fourth-order valence-corrected chi connectivity index (χ4v) is 4.27. The van der Waals surface area contributed by atoms with Gasteiger partial charge in [-0.2, -0.15) is 0 Å². The van der Waals surface area contributed by atoms with Gasteiger partial charge >= 0.3 is 0 Å². The van der Waals surface area contributed by atoms with Gasteiger partial charge in [0.2, 0.25) is 0 Å². The van der Waals surface area contributed by atoms with Crippen molar-refractivity contribution in [2.45, 2.75) is 84.0 Å². The molecule has 2 nitrogen and oxygen atoms in total. The number of terminal acetylenes is 1. The molecule has 152 valence electrons. The second-order valence-corrected chi connectivity index (χ2v) is 8.80. The van der Waals surface area contributed by atoms with E-state index in [0.29, 0.717) is 5.75 Å². The summed E-state index contributed by atoms with van der Waals surface area (Å²) in [6, 6.07) is 3.95. The normalized spacial score (nSPS) is 19.6. The standard InChI is InChI=1S/C26H36O2/c1-7-10-11-12-15-26(5,6)21-17-23(27)25(24(18-21)28-9-3)22-16-19(4)13-14-20(22)8-2/h3,8,16-18,20,22,27H,2,7,10-15H2,1,4-6H3. The minimum absolute atomic E-state index is 0.0383. The van der Waals surface area contributed by atoms with E-state index in [-0.39, 0.29) is 23.0 Å². The Balaban J connectivity index is 2.42. The zero-order valence-electron chi connectivity index (χ0n) is 18.1. The van der Waals surface area contributed by atoms with Crippen molar-refractivity contribution >= 4 is 0 Å². The molecule has 0 saturated heterocycles. The molecule has 0 fully saturated rings. The van der Waals surface area contributed by atoms with Crippen LogP contribution in [0, 0.1) is 18.4 Å². The first-order valence-electron chi connectivity index (χ1n) is 10.6. The van der Waals surface area contributed by atoms with Crippen molar-refractivity contribution in [2.24, 2.45) is 5.92 Å². The first-order chi connectivity index (χ1) is 13.3. The molecule has 1 N–H and O–H groups in total. The molecule has 2 atom stereocenters. The SMILES string of the molecule is C#COc1cc(C(C)(C)CCCCCC)cc(O)c1C1C=C(C)CCC1C=C. The Morgan fingerprint density at radius 2 is 2.07 bits per heavy atom. The Labute approximate surface area is 171 Å². The molecule has 0 saturated carbocycles. The Kier molecular flexibility index (Phi) is 7.81. The van der Waals surface area contributed by atoms with Crippen molar-refractivity contribution < 1.29 is 9.84 Å². The van der Waals surface area contributed by atoms with Crippen LogP contribution in [0.15, 0.2) is 36.4 Å². The van der Waals surface area contributed by atoms with Gasteiger partial charge in [0.1, 0.15) is 17.6 Å². The van der Waals surface area contributed by atoms with Gasteiger partial charge < -0.3 is 9.84 Å². The maximum atomic E-state index is 11.0. The van der Waals surface area contributed by atoms with E-state index in [1.165, 1.54) is 31.3 Å². The zero-order chi connectivity index (χ0) is 20.7. The highest BCUT2D eigenvalue weighted by atomic mass is 16.5. The van der Waals surface area contributed by atoms with Crippen LogP contribution in [-0.4, -0.2) is 5.11 Å². The Hall–Kier alpha value is -2.14. The van der Waals surface area contributed by atoms with E-state index in [1.807, 2.05) is 18.2 Å². The first kappa shape index (κ1) is 22.2. The average molecular weight is 381 g/mol. The van der Waals surface area contributed by atoms with E-state index in [4.69, 9.17) is 11.2 Å². The summed E-state index contributed by atoms with van der Waals surface area (Å²) in [6.07, 6.45) is 20.1. The second kappa shape index (κ2) is 9.87. The van der Waals surface area contributed by atoms with Gasteiger partial charge in [-0.15, -0.1) is 6.58 Å². The first-order valence-corrected chi connectivity index (χ1v) is 10.6. The third-order valence-corrected chi connectivity index (χ3v) is 6.16. The van der Waals surface area contributed by atoms with Crippen LogP contribution < -0.4 is 4.74 Å². The van der Waals surface area contributed by atoms with Gasteiger partial charge in [0.25, 0.3) is 0 Å². The lowest BCUT2D eigenvalue weighted by molar-refractivity contribution is 0.411. The maximum Gasteiger partial charge on any atom is 0.148 e. The summed E-state index contributed by atoms with van der Waals surface area (Å²) in [6.45, 7) is 12.8. The van der Waals surface area contributed by atoms with Crippen molar-refractivity contribution in [1.29, 1.82) is 0 Å². The van der Waals surface area contributed by atoms with Crippen LogP contribution in [0.5, 0.6) is 11.5 Å². The van der Waals surface area contributed by atoms with Crippen LogP contribution in [0.1, 0.15) is 89.7 Å². The molecule has 28 heavy (non-hydrogen) atoms. The van der Waals surface area contributed by atoms with E-state index in [0.717, 1.165) is 30.4 Å². The summed E-state index contributed by atoms with van der Waals surface area (Å²) in [5, 5.41) is 11.0. The number of hydrogen-bond donors (Lipinski definition) is 1. The quantitative estimate of drug-likeness (QED) is 0.278. The number of unbranched alkanes of at least 4 members (excludes halogenated alkanes) is 3. The van der Waals surface area contributed by atoms with Gasteiger partial charge in [-0.1, -0.05) is 70.6 Å². The highest BCUT2D eigenvalue weighted by Gasteiger charge is 2.30. The molecule has 2 heteroatoms. The predicted molar refractivity (Wildman–Crippen MR) is 119 cm³/mol. The fourth-order valence-electron chi connectivity index (χ4n) is 4.27. The zero-order valence-corrected chi connectivity index (χ0v) is 18.1. The molecule has 0 amide bonds. The fraction of sp³-hybridized carbons (Fsp3) is 0.538. The molecule has 0 radical (unpaired) electrons. The molecule has 1 aliphatic carbocycles. The van der Waals surface area contributed by atoms with Gasteiger partial charge in [0, 0.05) is 11.5 Å². The highest BCUT2D eigenvalue weighted by Crippen LogP contribution is 2.47. The van der Waals surface area contributed by atoms with Crippen molar-refractivity contribution in [2.75, 3.05) is 0 Å². The predicted octanol–water partition coefficient (Wildman–Crippen LogP) is 7.24. The van der Waals surface area contributed by atoms with Crippen LogP contribution in [0.2, 0.25) is 0 Å². The second-order valence-electron chi connectivity index (χ2n) is 8.80. The molecule has 2 unspecified atom stereocenters. The summed E-state index contributed by atoms with van der Waals surface area (Å²) < 4.78 is 5.58. The van der Waals surface area contributed by atoms with E-state index in [9.17, 15) is 5.11 Å². The van der Waals surface area contributed by atoms with Crippen molar-refractivity contribution in [1.82, 2.24) is 0 Å².